The van der Waals surface area contributed by atoms with Gasteiger partial charge in [-0.25, -0.2) is 9.55 Å². The molecule has 0 amide bonds. The summed E-state index contributed by atoms with van der Waals surface area (Å²) in [5.74, 6) is 1.40. The average Bonchev–Trinajstić information content (AvgIpc) is 3.05. The Labute approximate surface area is 163 Å². The van der Waals surface area contributed by atoms with Gasteiger partial charge in [0.15, 0.2) is 5.69 Å². The molecule has 0 spiro atoms. The first-order chi connectivity index (χ1) is 12.8. The van der Waals surface area contributed by atoms with Crippen molar-refractivity contribution in [2.24, 2.45) is 0 Å². The van der Waals surface area contributed by atoms with Gasteiger partial charge in [0.1, 0.15) is 6.20 Å². The van der Waals surface area contributed by atoms with Gasteiger partial charge in [-0.3, -0.25) is 0 Å². The third-order valence-electron chi connectivity index (χ3n) is 5.37. The smallest absolute Gasteiger partial charge is 0.247 e. The Balaban J connectivity index is 2.24. The second-order valence-corrected chi connectivity index (χ2v) is 7.73. The fourth-order valence-corrected chi connectivity index (χ4v) is 3.68. The quantitative estimate of drug-likeness (QED) is 0.220. The molecular weight excluding hydrogens is 316 g/mol. The van der Waals surface area contributed by atoms with E-state index in [0.29, 0.717) is 0 Å². The fraction of sp³-hybridized carbons (Fsp3) is 0.792. The molecule has 0 radical (unpaired) electrons. The zero-order valence-corrected chi connectivity index (χ0v) is 18.0. The monoisotopic (exact) mass is 361 g/mol. The molecule has 0 saturated carbocycles. The summed E-state index contributed by atoms with van der Waals surface area (Å²) >= 11 is 0. The molecule has 0 bridgehead atoms. The Kier molecular flexibility index (Phi) is 14.3. The maximum atomic E-state index is 3.52. The van der Waals surface area contributed by atoms with E-state index in [-0.39, 0.29) is 0 Å². The summed E-state index contributed by atoms with van der Waals surface area (Å²) in [6.45, 7) is 7.89. The summed E-state index contributed by atoms with van der Waals surface area (Å²) in [4.78, 5) is 3.52. The molecule has 26 heavy (non-hydrogen) atoms. The zero-order valence-electron chi connectivity index (χ0n) is 18.0. The summed E-state index contributed by atoms with van der Waals surface area (Å²) in [5, 5.41) is 0. The molecule has 0 aliphatic rings. The van der Waals surface area contributed by atoms with Crippen LogP contribution < -0.4 is 4.57 Å². The number of H-pyrrole nitrogens is 1. The minimum absolute atomic E-state index is 1.06. The average molecular weight is 362 g/mol. The lowest BCUT2D eigenvalue weighted by Crippen LogP contribution is -2.37. The van der Waals surface area contributed by atoms with E-state index in [1.807, 2.05) is 0 Å². The van der Waals surface area contributed by atoms with Crippen LogP contribution in [0.25, 0.3) is 6.08 Å². The molecule has 0 saturated heterocycles. The van der Waals surface area contributed by atoms with E-state index in [2.05, 4.69) is 48.7 Å². The number of hydrogen-bond acceptors (Lipinski definition) is 0. The van der Waals surface area contributed by atoms with Gasteiger partial charge < -0.3 is 0 Å². The SMILES string of the molecule is CCCCCCCCCC=Cc1c[nH]c(CCCCCCCC)[n+]1CC. The Morgan fingerprint density at radius 2 is 1.35 bits per heavy atom. The van der Waals surface area contributed by atoms with Gasteiger partial charge in [0.05, 0.1) is 6.54 Å². The van der Waals surface area contributed by atoms with E-state index in [1.54, 1.807) is 0 Å². The first-order valence-electron chi connectivity index (χ1n) is 11.6. The number of nitrogens with zero attached hydrogens (tertiary/aromatic N) is 1. The number of rotatable bonds is 17. The summed E-state index contributed by atoms with van der Waals surface area (Å²) in [5.41, 5.74) is 1.34. The molecule has 0 aliphatic carbocycles. The van der Waals surface area contributed by atoms with Crippen molar-refractivity contribution in [3.05, 3.63) is 23.8 Å². The largest absolute Gasteiger partial charge is 0.254 e. The van der Waals surface area contributed by atoms with Crippen molar-refractivity contribution in [3.8, 4) is 0 Å². The van der Waals surface area contributed by atoms with Gasteiger partial charge in [-0.1, -0.05) is 90.6 Å². The third-order valence-corrected chi connectivity index (χ3v) is 5.37. The van der Waals surface area contributed by atoms with E-state index in [0.717, 1.165) is 6.54 Å². The Morgan fingerprint density at radius 1 is 0.769 bits per heavy atom. The minimum Gasteiger partial charge on any atom is -0.247 e. The summed E-state index contributed by atoms with van der Waals surface area (Å²) in [6, 6.07) is 0. The lowest BCUT2D eigenvalue weighted by molar-refractivity contribution is -0.701. The van der Waals surface area contributed by atoms with Crippen LogP contribution in [0.15, 0.2) is 12.3 Å². The highest BCUT2D eigenvalue weighted by atomic mass is 15.1. The van der Waals surface area contributed by atoms with Gasteiger partial charge in [-0.15, -0.1) is 0 Å². The molecule has 150 valence electrons. The van der Waals surface area contributed by atoms with Crippen LogP contribution in [-0.4, -0.2) is 4.98 Å². The maximum Gasteiger partial charge on any atom is 0.254 e. The normalized spacial score (nSPS) is 11.7. The lowest BCUT2D eigenvalue weighted by atomic mass is 10.1. The van der Waals surface area contributed by atoms with Crippen molar-refractivity contribution >= 4 is 6.08 Å². The van der Waals surface area contributed by atoms with Crippen molar-refractivity contribution in [2.45, 2.75) is 124 Å². The van der Waals surface area contributed by atoms with Crippen LogP contribution in [0.5, 0.6) is 0 Å². The van der Waals surface area contributed by atoms with Crippen molar-refractivity contribution in [1.29, 1.82) is 0 Å². The molecule has 1 aromatic heterocycles. The molecule has 0 unspecified atom stereocenters. The predicted octanol–water partition coefficient (Wildman–Crippen LogP) is 7.38. The van der Waals surface area contributed by atoms with E-state index in [1.165, 1.54) is 108 Å². The molecular formula is C24H45N2+. The highest BCUT2D eigenvalue weighted by Gasteiger charge is 2.13. The molecule has 2 heteroatoms. The zero-order chi connectivity index (χ0) is 18.9. The lowest BCUT2D eigenvalue weighted by Gasteiger charge is -2.01. The van der Waals surface area contributed by atoms with Gasteiger partial charge in [0.25, 0.3) is 5.82 Å². The van der Waals surface area contributed by atoms with Crippen LogP contribution in [-0.2, 0) is 13.0 Å². The number of aryl methyl sites for hydroxylation is 1. The molecule has 1 heterocycles. The molecule has 0 fully saturated rings. The van der Waals surface area contributed by atoms with Crippen LogP contribution in [0.2, 0.25) is 0 Å². The van der Waals surface area contributed by atoms with Crippen LogP contribution >= 0.6 is 0 Å². The highest BCUT2D eigenvalue weighted by Crippen LogP contribution is 2.10. The molecule has 1 aromatic rings. The summed E-state index contributed by atoms with van der Waals surface area (Å²) in [7, 11) is 0. The van der Waals surface area contributed by atoms with Crippen molar-refractivity contribution in [3.63, 3.8) is 0 Å². The van der Waals surface area contributed by atoms with Crippen LogP contribution in [0, 0.1) is 0 Å². The number of nitrogens with one attached hydrogen (secondary N) is 1. The number of imidazole rings is 1. The summed E-state index contributed by atoms with van der Waals surface area (Å²) in [6.07, 6.45) is 27.2. The molecule has 1 rings (SSSR count). The second-order valence-electron chi connectivity index (χ2n) is 7.73. The Bertz CT molecular complexity index is 459. The first-order valence-corrected chi connectivity index (χ1v) is 11.6. The third kappa shape index (κ3) is 10.2. The standard InChI is InChI=1S/C24H44N2/c1-4-7-9-11-13-14-15-16-18-20-23-22-25-24(26(23)6-3)21-19-17-12-10-8-5-2/h18,20,22H,4-17,19,21H2,1-3H3/p+1. The Morgan fingerprint density at radius 3 is 1.96 bits per heavy atom. The fourth-order valence-electron chi connectivity index (χ4n) is 3.68. The van der Waals surface area contributed by atoms with E-state index >= 15 is 0 Å². The first kappa shape index (κ1) is 23.0. The number of allylic oxidation sites excluding steroid dienone is 1. The number of hydrogen-bond donors (Lipinski definition) is 1. The second kappa shape index (κ2) is 16.1. The van der Waals surface area contributed by atoms with Crippen LogP contribution in [0.4, 0.5) is 0 Å². The number of unbranched alkanes of at least 4 members (excludes halogenated alkanes) is 12. The van der Waals surface area contributed by atoms with E-state index < -0.39 is 0 Å². The van der Waals surface area contributed by atoms with E-state index in [9.17, 15) is 0 Å². The number of aromatic amines is 1. The van der Waals surface area contributed by atoms with Crippen molar-refractivity contribution in [1.82, 2.24) is 4.98 Å². The van der Waals surface area contributed by atoms with Crippen molar-refractivity contribution < 1.29 is 4.57 Å². The predicted molar refractivity (Wildman–Crippen MR) is 115 cm³/mol. The van der Waals surface area contributed by atoms with Gasteiger partial charge in [-0.2, -0.15) is 0 Å². The minimum atomic E-state index is 1.06. The van der Waals surface area contributed by atoms with Gasteiger partial charge in [0.2, 0.25) is 0 Å². The molecule has 0 aromatic carbocycles. The van der Waals surface area contributed by atoms with E-state index in [4.69, 9.17) is 0 Å². The summed E-state index contributed by atoms with van der Waals surface area (Å²) < 4.78 is 2.45. The molecule has 2 nitrogen and oxygen atoms in total. The van der Waals surface area contributed by atoms with Crippen molar-refractivity contribution in [2.75, 3.05) is 0 Å². The topological polar surface area (TPSA) is 19.7 Å². The molecule has 1 N–H and O–H groups in total. The van der Waals surface area contributed by atoms with Crippen LogP contribution in [0.1, 0.15) is 122 Å². The van der Waals surface area contributed by atoms with Crippen LogP contribution in [0.3, 0.4) is 0 Å². The highest BCUT2D eigenvalue weighted by molar-refractivity contribution is 5.39. The Hall–Kier alpha value is -1.05. The van der Waals surface area contributed by atoms with Gasteiger partial charge in [-0.05, 0) is 32.3 Å². The maximum absolute atomic E-state index is 3.52. The molecule has 0 atom stereocenters. The molecule has 0 aliphatic heterocycles. The van der Waals surface area contributed by atoms with Gasteiger partial charge >= 0.3 is 0 Å². The number of aromatic nitrogens is 2. The van der Waals surface area contributed by atoms with Gasteiger partial charge in [0, 0.05) is 6.42 Å².